The van der Waals surface area contributed by atoms with Crippen LogP contribution in [0.5, 0.6) is 0 Å². The Kier molecular flexibility index (Phi) is 10.6. The Morgan fingerprint density at radius 3 is 1.86 bits per heavy atom. The quantitative estimate of drug-likeness (QED) is 0.434. The number of rotatable bonds is 2. The Bertz CT molecular complexity index is 1410. The molecule has 0 spiro atoms. The van der Waals surface area contributed by atoms with Gasteiger partial charge in [-0.2, -0.15) is 10.5 Å². The van der Waals surface area contributed by atoms with Crippen LogP contribution in [0.2, 0.25) is 0 Å². The first-order chi connectivity index (χ1) is 20.1. The number of piperidine rings is 1. The van der Waals surface area contributed by atoms with E-state index in [0.717, 1.165) is 17.5 Å². The zero-order valence-electron chi connectivity index (χ0n) is 26.0. The standard InChI is InChI=1S/C17H22N2O3.C17H20N2O2/c1-16(2,3)22-15(20)19-9-7-17(21,8-10-19)14-6-4-5-13(11-14)12-18;1-17(2,3)21-16(20)19-9-7-14(8-10-19)15-6-4-5-13(11-15)12-18/h4-6,11,21H,7-10H2,1-3H3;4-7,11H,8-10H2,1-3H3. The molecule has 2 aliphatic heterocycles. The van der Waals surface area contributed by atoms with Gasteiger partial charge < -0.3 is 24.4 Å². The maximum atomic E-state index is 12.0. The molecule has 0 bridgehead atoms. The van der Waals surface area contributed by atoms with Gasteiger partial charge in [0.2, 0.25) is 0 Å². The largest absolute Gasteiger partial charge is 0.444 e. The molecule has 0 aliphatic carbocycles. The van der Waals surface area contributed by atoms with Crippen molar-refractivity contribution in [1.29, 1.82) is 10.5 Å². The summed E-state index contributed by atoms with van der Waals surface area (Å²) < 4.78 is 10.7. The van der Waals surface area contributed by atoms with Crippen LogP contribution in [0.25, 0.3) is 5.57 Å². The van der Waals surface area contributed by atoms with Crippen LogP contribution in [0.4, 0.5) is 9.59 Å². The zero-order chi connectivity index (χ0) is 31.8. The minimum Gasteiger partial charge on any atom is -0.444 e. The number of carbonyl (C=O) groups is 2. The van der Waals surface area contributed by atoms with Crippen molar-refractivity contribution in [1.82, 2.24) is 9.80 Å². The molecule has 9 nitrogen and oxygen atoms in total. The molecule has 1 N–H and O–H groups in total. The second-order valence-corrected chi connectivity index (χ2v) is 12.8. The smallest absolute Gasteiger partial charge is 0.410 e. The average molecular weight is 587 g/mol. The summed E-state index contributed by atoms with van der Waals surface area (Å²) in [6, 6.07) is 18.8. The van der Waals surface area contributed by atoms with Gasteiger partial charge >= 0.3 is 12.2 Å². The minimum atomic E-state index is -0.995. The first-order valence-corrected chi connectivity index (χ1v) is 14.5. The molecule has 2 heterocycles. The van der Waals surface area contributed by atoms with E-state index < -0.39 is 16.8 Å². The number of carbonyl (C=O) groups excluding carboxylic acids is 2. The van der Waals surface area contributed by atoms with E-state index in [1.807, 2.05) is 71.9 Å². The van der Waals surface area contributed by atoms with Crippen LogP contribution < -0.4 is 0 Å². The van der Waals surface area contributed by atoms with Gasteiger partial charge in [-0.15, -0.1) is 0 Å². The first kappa shape index (κ1) is 33.2. The van der Waals surface area contributed by atoms with E-state index in [9.17, 15) is 14.7 Å². The predicted octanol–water partition coefficient (Wildman–Crippen LogP) is 6.36. The first-order valence-electron chi connectivity index (χ1n) is 14.5. The van der Waals surface area contributed by atoms with E-state index in [2.05, 4.69) is 12.1 Å². The van der Waals surface area contributed by atoms with Crippen LogP contribution in [0, 0.1) is 22.7 Å². The van der Waals surface area contributed by atoms with Crippen molar-refractivity contribution in [3.05, 3.63) is 76.9 Å². The predicted molar refractivity (Wildman–Crippen MR) is 164 cm³/mol. The van der Waals surface area contributed by atoms with Gasteiger partial charge in [-0.25, -0.2) is 9.59 Å². The molecular formula is C34H42N4O5. The fraction of sp³-hybridized carbons (Fsp3) is 0.471. The summed E-state index contributed by atoms with van der Waals surface area (Å²) in [4.78, 5) is 27.3. The fourth-order valence-corrected chi connectivity index (χ4v) is 4.76. The van der Waals surface area contributed by atoms with Gasteiger partial charge in [0.25, 0.3) is 0 Å². The maximum absolute atomic E-state index is 12.0. The van der Waals surface area contributed by atoms with E-state index in [4.69, 9.17) is 20.0 Å². The van der Waals surface area contributed by atoms with E-state index in [0.29, 0.717) is 50.1 Å². The average Bonchev–Trinajstić information content (AvgIpc) is 2.96. The van der Waals surface area contributed by atoms with Gasteiger partial charge in [0, 0.05) is 26.2 Å². The number of nitriles is 2. The van der Waals surface area contributed by atoms with Crippen LogP contribution in [-0.4, -0.2) is 64.5 Å². The maximum Gasteiger partial charge on any atom is 0.410 e. The van der Waals surface area contributed by atoms with Gasteiger partial charge in [-0.05, 0) is 102 Å². The van der Waals surface area contributed by atoms with Gasteiger partial charge in [0.05, 0.1) is 28.9 Å². The number of hydrogen-bond acceptors (Lipinski definition) is 7. The molecule has 4 rings (SSSR count). The van der Waals surface area contributed by atoms with E-state index >= 15 is 0 Å². The Labute approximate surface area is 254 Å². The van der Waals surface area contributed by atoms with Crippen molar-refractivity contribution in [2.75, 3.05) is 26.2 Å². The van der Waals surface area contributed by atoms with Crippen LogP contribution >= 0.6 is 0 Å². The lowest BCUT2D eigenvalue weighted by Gasteiger charge is -2.39. The zero-order valence-corrected chi connectivity index (χ0v) is 26.0. The lowest BCUT2D eigenvalue weighted by Crippen LogP contribution is -2.46. The van der Waals surface area contributed by atoms with Gasteiger partial charge in [0.15, 0.2) is 0 Å². The lowest BCUT2D eigenvalue weighted by molar-refractivity contribution is -0.0356. The second-order valence-electron chi connectivity index (χ2n) is 12.8. The Morgan fingerprint density at radius 1 is 0.814 bits per heavy atom. The van der Waals surface area contributed by atoms with Crippen molar-refractivity contribution in [2.24, 2.45) is 0 Å². The number of ether oxygens (including phenoxy) is 2. The molecule has 0 radical (unpaired) electrons. The summed E-state index contributed by atoms with van der Waals surface area (Å²) in [5.41, 5.74) is 2.16. The molecule has 0 unspecified atom stereocenters. The molecule has 2 aliphatic rings. The third kappa shape index (κ3) is 9.87. The highest BCUT2D eigenvalue weighted by Gasteiger charge is 2.36. The molecule has 1 fully saturated rings. The van der Waals surface area contributed by atoms with Crippen LogP contribution in [0.1, 0.15) is 83.1 Å². The number of amides is 2. The SMILES string of the molecule is CC(C)(C)OC(=O)N1CC=C(c2cccc(C#N)c2)CC1.CC(C)(C)OC(=O)N1CCC(O)(c2cccc(C#N)c2)CC1. The number of likely N-dealkylation sites (tertiary alicyclic amines) is 1. The van der Waals surface area contributed by atoms with Crippen molar-refractivity contribution in [3.8, 4) is 12.1 Å². The summed E-state index contributed by atoms with van der Waals surface area (Å²) in [7, 11) is 0. The molecule has 228 valence electrons. The van der Waals surface area contributed by atoms with Crippen molar-refractivity contribution < 1.29 is 24.2 Å². The van der Waals surface area contributed by atoms with Gasteiger partial charge in [0.1, 0.15) is 11.2 Å². The molecule has 0 aromatic heterocycles. The molecule has 2 amide bonds. The normalized spacial score (nSPS) is 16.4. The third-order valence-electron chi connectivity index (χ3n) is 6.99. The molecule has 0 saturated carbocycles. The molecule has 0 atom stereocenters. The number of nitrogens with zero attached hydrogens (tertiary/aromatic N) is 4. The summed E-state index contributed by atoms with van der Waals surface area (Å²) in [6.45, 7) is 13.1. The molecule has 2 aromatic carbocycles. The molecule has 2 aromatic rings. The summed E-state index contributed by atoms with van der Waals surface area (Å²) in [6.07, 6.45) is 3.05. The van der Waals surface area contributed by atoms with Crippen molar-refractivity contribution in [3.63, 3.8) is 0 Å². The van der Waals surface area contributed by atoms with Crippen LogP contribution in [-0.2, 0) is 15.1 Å². The number of benzene rings is 2. The molecular weight excluding hydrogens is 544 g/mol. The monoisotopic (exact) mass is 586 g/mol. The highest BCUT2D eigenvalue weighted by molar-refractivity contribution is 5.73. The topological polar surface area (TPSA) is 127 Å². The van der Waals surface area contributed by atoms with Crippen molar-refractivity contribution in [2.45, 2.75) is 77.6 Å². The van der Waals surface area contributed by atoms with E-state index in [1.54, 1.807) is 34.1 Å². The highest BCUT2D eigenvalue weighted by atomic mass is 16.6. The summed E-state index contributed by atoms with van der Waals surface area (Å²) >= 11 is 0. The van der Waals surface area contributed by atoms with Crippen molar-refractivity contribution >= 4 is 17.8 Å². The van der Waals surface area contributed by atoms with Crippen LogP contribution in [0.3, 0.4) is 0 Å². The van der Waals surface area contributed by atoms with E-state index in [-0.39, 0.29) is 12.2 Å². The third-order valence-corrected chi connectivity index (χ3v) is 6.99. The van der Waals surface area contributed by atoms with E-state index in [1.165, 1.54) is 5.57 Å². The van der Waals surface area contributed by atoms with Crippen LogP contribution in [0.15, 0.2) is 54.6 Å². The summed E-state index contributed by atoms with van der Waals surface area (Å²) in [5.74, 6) is 0. The molecule has 9 heteroatoms. The molecule has 43 heavy (non-hydrogen) atoms. The van der Waals surface area contributed by atoms with Gasteiger partial charge in [-0.1, -0.05) is 30.3 Å². The Balaban J connectivity index is 0.000000236. The van der Waals surface area contributed by atoms with Gasteiger partial charge in [-0.3, -0.25) is 0 Å². The highest BCUT2D eigenvalue weighted by Crippen LogP contribution is 2.33. The Morgan fingerprint density at radius 2 is 1.35 bits per heavy atom. The molecule has 1 saturated heterocycles. The minimum absolute atomic E-state index is 0.274. The second kappa shape index (κ2) is 13.8. The fourth-order valence-electron chi connectivity index (χ4n) is 4.76. The Hall–Kier alpha value is -4.34. The lowest BCUT2D eigenvalue weighted by atomic mass is 9.84. The number of hydrogen-bond donors (Lipinski definition) is 1. The summed E-state index contributed by atoms with van der Waals surface area (Å²) in [5, 5.41) is 28.7. The number of aliphatic hydroxyl groups is 1.